The fraction of sp³-hybridized carbons (Fsp3) is 1.00. The van der Waals surface area contributed by atoms with Crippen LogP contribution in [0.2, 0.25) is 0 Å². The maximum absolute atomic E-state index is 12.2. The van der Waals surface area contributed by atoms with Crippen LogP contribution in [0, 0.1) is 0 Å². The van der Waals surface area contributed by atoms with E-state index >= 15 is 0 Å². The number of nitrogens with zero attached hydrogens (tertiary/aromatic N) is 1. The van der Waals surface area contributed by atoms with E-state index in [0.717, 1.165) is 25.4 Å². The molecule has 0 aromatic rings. The van der Waals surface area contributed by atoms with Crippen LogP contribution in [0.25, 0.3) is 0 Å². The van der Waals surface area contributed by atoms with Gasteiger partial charge in [0.15, 0.2) is 0 Å². The molecule has 1 rings (SSSR count). The highest BCUT2D eigenvalue weighted by Gasteiger charge is 2.27. The van der Waals surface area contributed by atoms with E-state index < -0.39 is 7.29 Å². The number of hydrogen-bond acceptors (Lipinski definition) is 1. The molecule has 2 nitrogen and oxygen atoms in total. The van der Waals surface area contributed by atoms with Crippen LogP contribution >= 0.6 is 7.29 Å². The molecule has 1 aliphatic rings. The van der Waals surface area contributed by atoms with Gasteiger partial charge >= 0.3 is 0 Å². The normalized spacial score (nSPS) is 21.2. The van der Waals surface area contributed by atoms with E-state index in [1.165, 1.54) is 19.3 Å². The molecule has 1 heterocycles. The van der Waals surface area contributed by atoms with E-state index in [2.05, 4.69) is 18.5 Å². The molecule has 1 aliphatic heterocycles. The zero-order chi connectivity index (χ0) is 9.03. The van der Waals surface area contributed by atoms with Gasteiger partial charge in [0, 0.05) is 25.4 Å². The van der Waals surface area contributed by atoms with Gasteiger partial charge in [0.25, 0.3) is 0 Å². The molecule has 1 fully saturated rings. The third kappa shape index (κ3) is 2.11. The monoisotopic (exact) mass is 189 g/mol. The predicted molar refractivity (Wildman–Crippen MR) is 54.1 cm³/mol. The average molecular weight is 189 g/mol. The largest absolute Gasteiger partial charge is 0.307 e. The zero-order valence-corrected chi connectivity index (χ0v) is 9.15. The van der Waals surface area contributed by atoms with E-state index in [9.17, 15) is 4.57 Å². The van der Waals surface area contributed by atoms with Gasteiger partial charge in [-0.3, -0.25) is 4.67 Å². The molecule has 0 N–H and O–H groups in total. The second-order valence-corrected chi connectivity index (χ2v) is 7.02. The van der Waals surface area contributed by atoms with E-state index in [1.807, 2.05) is 0 Å². The van der Waals surface area contributed by atoms with Crippen LogP contribution in [0.5, 0.6) is 0 Å². The Balaban J connectivity index is 2.58. The Hall–Kier alpha value is 0.190. The molecule has 3 heteroatoms. The van der Waals surface area contributed by atoms with Crippen LogP contribution in [0.15, 0.2) is 0 Å². The van der Waals surface area contributed by atoms with Gasteiger partial charge in [0.1, 0.15) is 7.29 Å². The number of hydrogen-bond donors (Lipinski definition) is 0. The molecule has 0 saturated carbocycles. The molecule has 1 saturated heterocycles. The van der Waals surface area contributed by atoms with Crippen LogP contribution in [0.4, 0.5) is 0 Å². The quantitative estimate of drug-likeness (QED) is 0.636. The van der Waals surface area contributed by atoms with Crippen LogP contribution in [0.3, 0.4) is 0 Å². The van der Waals surface area contributed by atoms with Crippen molar-refractivity contribution >= 4 is 7.29 Å². The van der Waals surface area contributed by atoms with Crippen molar-refractivity contribution in [2.45, 2.75) is 33.1 Å². The SMILES string of the molecule is CCP(=O)(CC)N1CCCCC1. The first kappa shape index (κ1) is 10.3. The van der Waals surface area contributed by atoms with Crippen LogP contribution in [-0.4, -0.2) is 30.1 Å². The summed E-state index contributed by atoms with van der Waals surface area (Å²) in [6.07, 6.45) is 5.50. The smallest absolute Gasteiger partial charge is 0.149 e. The van der Waals surface area contributed by atoms with E-state index in [1.54, 1.807) is 0 Å². The van der Waals surface area contributed by atoms with Crippen molar-refractivity contribution in [1.29, 1.82) is 0 Å². The summed E-state index contributed by atoms with van der Waals surface area (Å²) in [4.78, 5) is 0. The molecular weight excluding hydrogens is 169 g/mol. The first-order valence-corrected chi connectivity index (χ1v) is 7.09. The molecule has 0 radical (unpaired) electrons. The number of piperidine rings is 1. The second-order valence-electron chi connectivity index (χ2n) is 3.49. The molecule has 0 unspecified atom stereocenters. The molecular formula is C9H20NOP. The molecule has 0 aromatic heterocycles. The van der Waals surface area contributed by atoms with Gasteiger partial charge in [-0.25, -0.2) is 0 Å². The minimum atomic E-state index is -1.92. The van der Waals surface area contributed by atoms with Gasteiger partial charge < -0.3 is 4.57 Å². The minimum Gasteiger partial charge on any atom is -0.307 e. The lowest BCUT2D eigenvalue weighted by Crippen LogP contribution is -2.28. The Morgan fingerprint density at radius 1 is 1.08 bits per heavy atom. The molecule has 0 bridgehead atoms. The third-order valence-electron chi connectivity index (χ3n) is 2.84. The van der Waals surface area contributed by atoms with Crippen molar-refractivity contribution in [3.8, 4) is 0 Å². The van der Waals surface area contributed by atoms with Gasteiger partial charge in [0.2, 0.25) is 0 Å². The highest BCUT2D eigenvalue weighted by atomic mass is 31.2. The summed E-state index contributed by atoms with van der Waals surface area (Å²) in [5.41, 5.74) is 0. The lowest BCUT2D eigenvalue weighted by Gasteiger charge is -2.33. The number of rotatable bonds is 3. The Labute approximate surface area is 75.8 Å². The lowest BCUT2D eigenvalue weighted by atomic mass is 10.2. The van der Waals surface area contributed by atoms with E-state index in [-0.39, 0.29) is 0 Å². The minimum absolute atomic E-state index is 0.851. The summed E-state index contributed by atoms with van der Waals surface area (Å²) >= 11 is 0. The molecule has 12 heavy (non-hydrogen) atoms. The van der Waals surface area contributed by atoms with E-state index in [4.69, 9.17) is 0 Å². The molecule has 0 amide bonds. The topological polar surface area (TPSA) is 20.3 Å². The summed E-state index contributed by atoms with van der Waals surface area (Å²) in [5, 5.41) is 0. The molecule has 72 valence electrons. The summed E-state index contributed by atoms with van der Waals surface area (Å²) < 4.78 is 14.5. The van der Waals surface area contributed by atoms with Gasteiger partial charge in [-0.2, -0.15) is 0 Å². The Morgan fingerprint density at radius 3 is 2.00 bits per heavy atom. The predicted octanol–water partition coefficient (Wildman–Crippen LogP) is 2.79. The highest BCUT2D eigenvalue weighted by Crippen LogP contribution is 2.49. The van der Waals surface area contributed by atoms with Gasteiger partial charge in [-0.05, 0) is 12.8 Å². The zero-order valence-electron chi connectivity index (χ0n) is 8.25. The van der Waals surface area contributed by atoms with Gasteiger partial charge in [-0.1, -0.05) is 20.3 Å². The third-order valence-corrected chi connectivity index (χ3v) is 6.24. The maximum atomic E-state index is 12.2. The van der Waals surface area contributed by atoms with Gasteiger partial charge in [0.05, 0.1) is 0 Å². The van der Waals surface area contributed by atoms with E-state index in [0.29, 0.717) is 0 Å². The molecule has 0 aliphatic carbocycles. The summed E-state index contributed by atoms with van der Waals surface area (Å²) in [7, 11) is -1.92. The maximum Gasteiger partial charge on any atom is 0.149 e. The standard InChI is InChI=1S/C9H20NOP/c1-3-12(11,4-2)10-8-6-5-7-9-10/h3-9H2,1-2H3. The Bertz CT molecular complexity index is 167. The fourth-order valence-electron chi connectivity index (χ4n) is 1.87. The van der Waals surface area contributed by atoms with Crippen molar-refractivity contribution in [3.63, 3.8) is 0 Å². The van der Waals surface area contributed by atoms with Crippen LogP contribution < -0.4 is 0 Å². The molecule has 0 spiro atoms. The first-order valence-electron chi connectivity index (χ1n) is 5.06. The van der Waals surface area contributed by atoms with Crippen molar-refractivity contribution in [3.05, 3.63) is 0 Å². The summed E-state index contributed by atoms with van der Waals surface area (Å²) in [6.45, 7) is 6.25. The van der Waals surface area contributed by atoms with Crippen molar-refractivity contribution in [2.24, 2.45) is 0 Å². The van der Waals surface area contributed by atoms with Crippen LogP contribution in [-0.2, 0) is 4.57 Å². The van der Waals surface area contributed by atoms with Gasteiger partial charge in [-0.15, -0.1) is 0 Å². The molecule has 0 aromatic carbocycles. The Morgan fingerprint density at radius 2 is 1.58 bits per heavy atom. The second kappa shape index (κ2) is 4.43. The molecule has 0 atom stereocenters. The highest BCUT2D eigenvalue weighted by molar-refractivity contribution is 7.61. The van der Waals surface area contributed by atoms with Crippen molar-refractivity contribution < 1.29 is 4.57 Å². The van der Waals surface area contributed by atoms with Crippen molar-refractivity contribution in [2.75, 3.05) is 25.4 Å². The Kier molecular flexibility index (Phi) is 3.79. The average Bonchev–Trinajstić information content (AvgIpc) is 2.18. The van der Waals surface area contributed by atoms with Crippen LogP contribution in [0.1, 0.15) is 33.1 Å². The van der Waals surface area contributed by atoms with Crippen molar-refractivity contribution in [1.82, 2.24) is 4.67 Å². The lowest BCUT2D eigenvalue weighted by molar-refractivity contribution is 0.345. The summed E-state index contributed by atoms with van der Waals surface area (Å²) in [5.74, 6) is 0. The first-order chi connectivity index (χ1) is 5.73. The fourth-order valence-corrected chi connectivity index (χ4v) is 4.12. The summed E-state index contributed by atoms with van der Waals surface area (Å²) in [6, 6.07) is 0.